The highest BCUT2D eigenvalue weighted by molar-refractivity contribution is 5.83. The molecule has 0 spiro atoms. The average molecular weight is 206 g/mol. The summed E-state index contributed by atoms with van der Waals surface area (Å²) in [6.07, 6.45) is 1.78. The van der Waals surface area contributed by atoms with Gasteiger partial charge in [0.15, 0.2) is 0 Å². The first-order valence-corrected chi connectivity index (χ1v) is 4.65. The van der Waals surface area contributed by atoms with Gasteiger partial charge >= 0.3 is 0 Å². The van der Waals surface area contributed by atoms with E-state index in [9.17, 15) is 9.18 Å². The summed E-state index contributed by atoms with van der Waals surface area (Å²) in [6, 6.07) is 6.31. The molecule has 2 aromatic rings. The van der Waals surface area contributed by atoms with Crippen molar-refractivity contribution in [3.63, 3.8) is 0 Å². The molecule has 15 heavy (non-hydrogen) atoms. The van der Waals surface area contributed by atoms with Crippen LogP contribution >= 0.6 is 0 Å². The predicted molar refractivity (Wildman–Crippen MR) is 56.0 cm³/mol. The van der Waals surface area contributed by atoms with Gasteiger partial charge in [0.25, 0.3) is 0 Å². The Bertz CT molecular complexity index is 504. The second kappa shape index (κ2) is 3.73. The summed E-state index contributed by atoms with van der Waals surface area (Å²) in [5.41, 5.74) is 0.861. The SMILES string of the molecule is CNC(=O)Cn1ccc2cc(F)ccc21. The van der Waals surface area contributed by atoms with Gasteiger partial charge in [-0.1, -0.05) is 0 Å². The fourth-order valence-electron chi connectivity index (χ4n) is 1.54. The largest absolute Gasteiger partial charge is 0.358 e. The number of fused-ring (bicyclic) bond motifs is 1. The van der Waals surface area contributed by atoms with E-state index < -0.39 is 0 Å². The Hall–Kier alpha value is -1.84. The molecule has 3 nitrogen and oxygen atoms in total. The van der Waals surface area contributed by atoms with E-state index in [0.29, 0.717) is 0 Å². The number of hydrogen-bond donors (Lipinski definition) is 1. The van der Waals surface area contributed by atoms with Gasteiger partial charge in [-0.3, -0.25) is 4.79 Å². The van der Waals surface area contributed by atoms with Crippen LogP contribution in [-0.4, -0.2) is 17.5 Å². The maximum absolute atomic E-state index is 12.9. The lowest BCUT2D eigenvalue weighted by atomic mass is 10.2. The lowest BCUT2D eigenvalue weighted by molar-refractivity contribution is -0.121. The number of likely N-dealkylation sites (N-methyl/N-ethyl adjacent to an activating group) is 1. The first-order chi connectivity index (χ1) is 7.20. The lowest BCUT2D eigenvalue weighted by Gasteiger charge is -2.03. The molecule has 1 heterocycles. The van der Waals surface area contributed by atoms with Crippen molar-refractivity contribution in [2.75, 3.05) is 7.05 Å². The maximum Gasteiger partial charge on any atom is 0.239 e. The minimum atomic E-state index is -0.264. The number of rotatable bonds is 2. The van der Waals surface area contributed by atoms with Crippen LogP contribution in [0.4, 0.5) is 4.39 Å². The van der Waals surface area contributed by atoms with Gasteiger partial charge in [0, 0.05) is 24.1 Å². The van der Waals surface area contributed by atoms with Crippen LogP contribution in [0, 0.1) is 5.82 Å². The molecule has 0 atom stereocenters. The van der Waals surface area contributed by atoms with Gasteiger partial charge in [-0.05, 0) is 24.3 Å². The quantitative estimate of drug-likeness (QED) is 0.794. The molecule has 0 saturated heterocycles. The Balaban J connectivity index is 2.41. The summed E-state index contributed by atoms with van der Waals surface area (Å²) in [5.74, 6) is -0.336. The molecule has 0 aliphatic heterocycles. The van der Waals surface area contributed by atoms with Crippen LogP contribution in [0.5, 0.6) is 0 Å². The van der Waals surface area contributed by atoms with Crippen LogP contribution in [0.25, 0.3) is 10.9 Å². The summed E-state index contributed by atoms with van der Waals surface area (Å²) in [6.45, 7) is 0.256. The van der Waals surface area contributed by atoms with Crippen molar-refractivity contribution in [1.82, 2.24) is 9.88 Å². The van der Waals surface area contributed by atoms with Crippen LogP contribution in [0.3, 0.4) is 0 Å². The van der Waals surface area contributed by atoms with Crippen molar-refractivity contribution in [1.29, 1.82) is 0 Å². The van der Waals surface area contributed by atoms with Gasteiger partial charge in [0.05, 0.1) is 0 Å². The van der Waals surface area contributed by atoms with Crippen molar-refractivity contribution in [3.8, 4) is 0 Å². The minimum Gasteiger partial charge on any atom is -0.358 e. The van der Waals surface area contributed by atoms with E-state index in [1.54, 1.807) is 29.9 Å². The molecule has 2 rings (SSSR count). The number of hydrogen-bond acceptors (Lipinski definition) is 1. The van der Waals surface area contributed by atoms with Crippen molar-refractivity contribution in [3.05, 3.63) is 36.3 Å². The summed E-state index contributed by atoms with van der Waals surface area (Å²) < 4.78 is 14.7. The number of amides is 1. The van der Waals surface area contributed by atoms with Crippen molar-refractivity contribution >= 4 is 16.8 Å². The molecule has 0 bridgehead atoms. The lowest BCUT2D eigenvalue weighted by Crippen LogP contribution is -2.22. The van der Waals surface area contributed by atoms with E-state index >= 15 is 0 Å². The monoisotopic (exact) mass is 206 g/mol. The molecule has 0 radical (unpaired) electrons. The first kappa shape index (κ1) is 9.71. The third-order valence-electron chi connectivity index (χ3n) is 2.33. The van der Waals surface area contributed by atoms with Crippen LogP contribution in [0.2, 0.25) is 0 Å². The predicted octanol–water partition coefficient (Wildman–Crippen LogP) is 1.53. The highest BCUT2D eigenvalue weighted by Crippen LogP contribution is 2.16. The number of aromatic nitrogens is 1. The summed E-state index contributed by atoms with van der Waals surface area (Å²) in [5, 5.41) is 3.35. The normalized spacial score (nSPS) is 10.5. The van der Waals surface area contributed by atoms with E-state index in [4.69, 9.17) is 0 Å². The van der Waals surface area contributed by atoms with Crippen LogP contribution in [0.15, 0.2) is 30.5 Å². The minimum absolute atomic E-state index is 0.0724. The van der Waals surface area contributed by atoms with Crippen LogP contribution < -0.4 is 5.32 Å². The third-order valence-corrected chi connectivity index (χ3v) is 2.33. The van der Waals surface area contributed by atoms with Crippen molar-refractivity contribution < 1.29 is 9.18 Å². The fourth-order valence-corrected chi connectivity index (χ4v) is 1.54. The zero-order valence-electron chi connectivity index (χ0n) is 8.33. The van der Waals surface area contributed by atoms with Crippen LogP contribution in [-0.2, 0) is 11.3 Å². The molecule has 1 N–H and O–H groups in total. The van der Waals surface area contributed by atoms with Gasteiger partial charge in [0.1, 0.15) is 12.4 Å². The Morgan fingerprint density at radius 3 is 3.00 bits per heavy atom. The smallest absolute Gasteiger partial charge is 0.239 e. The third kappa shape index (κ3) is 1.83. The summed E-state index contributed by atoms with van der Waals surface area (Å²) in [7, 11) is 1.59. The molecule has 1 aromatic heterocycles. The first-order valence-electron chi connectivity index (χ1n) is 4.65. The molecule has 0 saturated carbocycles. The number of nitrogens with zero attached hydrogens (tertiary/aromatic N) is 1. The highest BCUT2D eigenvalue weighted by atomic mass is 19.1. The standard InChI is InChI=1S/C11H11FN2O/c1-13-11(15)7-14-5-4-8-6-9(12)2-3-10(8)14/h2-6H,7H2,1H3,(H,13,15). The zero-order chi connectivity index (χ0) is 10.8. The van der Waals surface area contributed by atoms with Crippen molar-refractivity contribution in [2.24, 2.45) is 0 Å². The molecule has 0 aliphatic rings. The van der Waals surface area contributed by atoms with Gasteiger partial charge < -0.3 is 9.88 Å². The fraction of sp³-hybridized carbons (Fsp3) is 0.182. The number of nitrogens with one attached hydrogen (secondary N) is 1. The van der Waals surface area contributed by atoms with Gasteiger partial charge in [-0.2, -0.15) is 0 Å². The van der Waals surface area contributed by atoms with E-state index in [2.05, 4.69) is 5.32 Å². The van der Waals surface area contributed by atoms with Gasteiger partial charge in [0.2, 0.25) is 5.91 Å². The van der Waals surface area contributed by atoms with E-state index in [-0.39, 0.29) is 18.3 Å². The average Bonchev–Trinajstić information content (AvgIpc) is 2.60. The Morgan fingerprint density at radius 2 is 2.27 bits per heavy atom. The van der Waals surface area contributed by atoms with Gasteiger partial charge in [-0.15, -0.1) is 0 Å². The zero-order valence-corrected chi connectivity index (χ0v) is 8.33. The summed E-state index contributed by atoms with van der Waals surface area (Å²) >= 11 is 0. The van der Waals surface area contributed by atoms with Gasteiger partial charge in [-0.25, -0.2) is 4.39 Å². The maximum atomic E-state index is 12.9. The van der Waals surface area contributed by atoms with E-state index in [1.807, 2.05) is 0 Å². The Morgan fingerprint density at radius 1 is 1.47 bits per heavy atom. The number of benzene rings is 1. The Kier molecular flexibility index (Phi) is 2.41. The van der Waals surface area contributed by atoms with E-state index in [1.165, 1.54) is 12.1 Å². The molecule has 78 valence electrons. The molecule has 1 aromatic carbocycles. The second-order valence-electron chi connectivity index (χ2n) is 3.32. The topological polar surface area (TPSA) is 34.0 Å². The number of carbonyl (C=O) groups excluding carboxylic acids is 1. The number of halogens is 1. The van der Waals surface area contributed by atoms with Crippen LogP contribution in [0.1, 0.15) is 0 Å². The highest BCUT2D eigenvalue weighted by Gasteiger charge is 2.04. The second-order valence-corrected chi connectivity index (χ2v) is 3.32. The molecule has 0 aliphatic carbocycles. The summed E-state index contributed by atoms with van der Waals surface area (Å²) in [4.78, 5) is 11.2. The molecule has 0 fully saturated rings. The van der Waals surface area contributed by atoms with Crippen molar-refractivity contribution in [2.45, 2.75) is 6.54 Å². The molecule has 0 unspecified atom stereocenters. The molecular weight excluding hydrogens is 195 g/mol. The number of carbonyl (C=O) groups is 1. The molecular formula is C11H11FN2O. The molecule has 4 heteroatoms. The molecule has 1 amide bonds. The Labute approximate surface area is 86.5 Å². The van der Waals surface area contributed by atoms with E-state index in [0.717, 1.165) is 10.9 Å².